The van der Waals surface area contributed by atoms with Crippen molar-refractivity contribution in [3.05, 3.63) is 0 Å². The molecule has 0 bridgehead atoms. The number of rotatable bonds is 5. The summed E-state index contributed by atoms with van der Waals surface area (Å²) in [4.78, 5) is 25.9. The van der Waals surface area contributed by atoms with E-state index in [2.05, 4.69) is 17.6 Å². The quantitative estimate of drug-likeness (QED) is 0.782. The van der Waals surface area contributed by atoms with Crippen LogP contribution < -0.4 is 10.6 Å². The van der Waals surface area contributed by atoms with Crippen LogP contribution in [0.15, 0.2) is 0 Å². The number of amides is 2. The molecule has 2 amide bonds. The van der Waals surface area contributed by atoms with E-state index in [1.807, 2.05) is 4.90 Å². The summed E-state index contributed by atoms with van der Waals surface area (Å²) in [6.45, 7) is 6.50. The maximum absolute atomic E-state index is 12.6. The zero-order valence-electron chi connectivity index (χ0n) is 12.5. The summed E-state index contributed by atoms with van der Waals surface area (Å²) in [6, 6.07) is 0. The van der Waals surface area contributed by atoms with Gasteiger partial charge in [0.2, 0.25) is 11.8 Å². The van der Waals surface area contributed by atoms with Crippen LogP contribution in [-0.4, -0.2) is 49.4 Å². The minimum Gasteiger partial charge on any atom is -0.355 e. The Morgan fingerprint density at radius 1 is 1.30 bits per heavy atom. The summed E-state index contributed by atoms with van der Waals surface area (Å²) < 4.78 is 0. The SMILES string of the molecule is CCCN(CC1CCNCC1)C(=O)C1CCC(=O)NC1. The lowest BCUT2D eigenvalue weighted by atomic mass is 9.94. The second-order valence-corrected chi connectivity index (χ2v) is 6.02. The van der Waals surface area contributed by atoms with Crippen LogP contribution in [0.4, 0.5) is 0 Å². The van der Waals surface area contributed by atoms with Crippen LogP contribution in [0.5, 0.6) is 0 Å². The zero-order chi connectivity index (χ0) is 14.4. The second-order valence-electron chi connectivity index (χ2n) is 6.02. The first-order valence-electron chi connectivity index (χ1n) is 7.97. The number of carbonyl (C=O) groups is 2. The highest BCUT2D eigenvalue weighted by molar-refractivity contribution is 5.83. The van der Waals surface area contributed by atoms with Crippen molar-refractivity contribution in [3.63, 3.8) is 0 Å². The van der Waals surface area contributed by atoms with E-state index in [0.717, 1.165) is 45.4 Å². The summed E-state index contributed by atoms with van der Waals surface area (Å²) >= 11 is 0. The fourth-order valence-corrected chi connectivity index (χ4v) is 3.14. The van der Waals surface area contributed by atoms with Gasteiger partial charge in [-0.25, -0.2) is 0 Å². The van der Waals surface area contributed by atoms with Crippen LogP contribution in [0, 0.1) is 11.8 Å². The lowest BCUT2D eigenvalue weighted by Gasteiger charge is -2.33. The first-order chi connectivity index (χ1) is 9.70. The van der Waals surface area contributed by atoms with Gasteiger partial charge in [0.1, 0.15) is 0 Å². The van der Waals surface area contributed by atoms with Crippen LogP contribution >= 0.6 is 0 Å². The molecule has 0 aromatic rings. The number of nitrogens with one attached hydrogen (secondary N) is 2. The summed E-state index contributed by atoms with van der Waals surface area (Å²) in [5, 5.41) is 6.18. The third-order valence-corrected chi connectivity index (χ3v) is 4.36. The third-order valence-electron chi connectivity index (χ3n) is 4.36. The van der Waals surface area contributed by atoms with E-state index in [1.54, 1.807) is 0 Å². The van der Waals surface area contributed by atoms with Crippen LogP contribution in [0.25, 0.3) is 0 Å². The van der Waals surface area contributed by atoms with Gasteiger partial charge in [-0.3, -0.25) is 9.59 Å². The molecule has 0 aromatic heterocycles. The molecule has 2 N–H and O–H groups in total. The van der Waals surface area contributed by atoms with Crippen molar-refractivity contribution >= 4 is 11.8 Å². The second kappa shape index (κ2) is 7.62. The van der Waals surface area contributed by atoms with Crippen molar-refractivity contribution in [1.29, 1.82) is 0 Å². The van der Waals surface area contributed by atoms with Gasteiger partial charge in [-0.1, -0.05) is 6.92 Å². The third kappa shape index (κ3) is 4.20. The minimum atomic E-state index is -0.0130. The van der Waals surface area contributed by atoms with Crippen molar-refractivity contribution in [2.24, 2.45) is 11.8 Å². The molecule has 2 aliphatic heterocycles. The lowest BCUT2D eigenvalue weighted by Crippen LogP contribution is -2.47. The summed E-state index contributed by atoms with van der Waals surface area (Å²) in [6.07, 6.45) is 4.51. The normalized spacial score (nSPS) is 24.2. The van der Waals surface area contributed by atoms with E-state index in [1.165, 1.54) is 0 Å². The minimum absolute atomic E-state index is 0.0130. The molecule has 2 aliphatic rings. The van der Waals surface area contributed by atoms with E-state index in [-0.39, 0.29) is 17.7 Å². The van der Waals surface area contributed by atoms with Crippen molar-refractivity contribution in [2.45, 2.75) is 39.0 Å². The van der Waals surface area contributed by atoms with E-state index in [4.69, 9.17) is 0 Å². The molecule has 114 valence electrons. The molecule has 0 saturated carbocycles. The van der Waals surface area contributed by atoms with Gasteiger partial charge in [0.15, 0.2) is 0 Å². The van der Waals surface area contributed by atoms with E-state index < -0.39 is 0 Å². The molecule has 0 aromatic carbocycles. The molecule has 2 heterocycles. The highest BCUT2D eigenvalue weighted by Crippen LogP contribution is 2.18. The maximum atomic E-state index is 12.6. The summed E-state index contributed by atoms with van der Waals surface area (Å²) in [5.41, 5.74) is 0. The lowest BCUT2D eigenvalue weighted by molar-refractivity contribution is -0.138. The number of piperidine rings is 2. The summed E-state index contributed by atoms with van der Waals surface area (Å²) in [7, 11) is 0. The predicted molar refractivity (Wildman–Crippen MR) is 78.2 cm³/mol. The molecule has 1 unspecified atom stereocenters. The van der Waals surface area contributed by atoms with Crippen LogP contribution in [-0.2, 0) is 9.59 Å². The van der Waals surface area contributed by atoms with Gasteiger partial charge in [0.05, 0.1) is 5.92 Å². The number of carbonyl (C=O) groups excluding carboxylic acids is 2. The Morgan fingerprint density at radius 3 is 2.65 bits per heavy atom. The number of hydrogen-bond acceptors (Lipinski definition) is 3. The molecule has 1 atom stereocenters. The molecular weight excluding hydrogens is 254 g/mol. The molecule has 20 heavy (non-hydrogen) atoms. The molecular formula is C15H27N3O2. The fourth-order valence-electron chi connectivity index (χ4n) is 3.14. The zero-order valence-corrected chi connectivity index (χ0v) is 12.5. The first kappa shape index (κ1) is 15.3. The Bertz CT molecular complexity index is 330. The van der Waals surface area contributed by atoms with Gasteiger partial charge in [-0.15, -0.1) is 0 Å². The number of hydrogen-bond donors (Lipinski definition) is 2. The van der Waals surface area contributed by atoms with Gasteiger partial charge in [-0.2, -0.15) is 0 Å². The Labute approximate surface area is 121 Å². The molecule has 0 aliphatic carbocycles. The monoisotopic (exact) mass is 281 g/mol. The Hall–Kier alpha value is -1.10. The van der Waals surface area contributed by atoms with Crippen molar-refractivity contribution < 1.29 is 9.59 Å². The number of nitrogens with zero attached hydrogens (tertiary/aromatic N) is 1. The largest absolute Gasteiger partial charge is 0.355 e. The smallest absolute Gasteiger partial charge is 0.227 e. The van der Waals surface area contributed by atoms with E-state index in [0.29, 0.717) is 25.3 Å². The molecule has 2 fully saturated rings. The first-order valence-corrected chi connectivity index (χ1v) is 7.97. The van der Waals surface area contributed by atoms with Crippen LogP contribution in [0.2, 0.25) is 0 Å². The molecule has 2 saturated heterocycles. The van der Waals surface area contributed by atoms with Gasteiger partial charge in [-0.05, 0) is 44.7 Å². The summed E-state index contributed by atoms with van der Waals surface area (Å²) in [5.74, 6) is 0.936. The van der Waals surface area contributed by atoms with Crippen molar-refractivity contribution in [3.8, 4) is 0 Å². The van der Waals surface area contributed by atoms with E-state index >= 15 is 0 Å². The molecule has 5 heteroatoms. The predicted octanol–water partition coefficient (Wildman–Crippen LogP) is 0.751. The molecule has 0 spiro atoms. The van der Waals surface area contributed by atoms with Gasteiger partial charge >= 0.3 is 0 Å². The van der Waals surface area contributed by atoms with Crippen LogP contribution in [0.1, 0.15) is 39.0 Å². The van der Waals surface area contributed by atoms with Crippen molar-refractivity contribution in [1.82, 2.24) is 15.5 Å². The van der Waals surface area contributed by atoms with E-state index in [9.17, 15) is 9.59 Å². The Kier molecular flexibility index (Phi) is 5.83. The van der Waals surface area contributed by atoms with Crippen LogP contribution in [0.3, 0.4) is 0 Å². The highest BCUT2D eigenvalue weighted by Gasteiger charge is 2.29. The highest BCUT2D eigenvalue weighted by atomic mass is 16.2. The topological polar surface area (TPSA) is 61.4 Å². The van der Waals surface area contributed by atoms with Crippen molar-refractivity contribution in [2.75, 3.05) is 32.7 Å². The van der Waals surface area contributed by atoms with Gasteiger partial charge < -0.3 is 15.5 Å². The molecule has 0 radical (unpaired) electrons. The maximum Gasteiger partial charge on any atom is 0.227 e. The van der Waals surface area contributed by atoms with Gasteiger partial charge in [0.25, 0.3) is 0 Å². The molecule has 5 nitrogen and oxygen atoms in total. The fraction of sp³-hybridized carbons (Fsp3) is 0.867. The standard InChI is InChI=1S/C15H27N3O2/c1-2-9-18(11-12-5-7-16-8-6-12)15(20)13-3-4-14(19)17-10-13/h12-13,16H,2-11H2,1H3,(H,17,19). The van der Waals surface area contributed by atoms with Gasteiger partial charge in [0, 0.05) is 26.1 Å². The average molecular weight is 281 g/mol. The Balaban J connectivity index is 1.88. The molecule has 2 rings (SSSR count). The average Bonchev–Trinajstić information content (AvgIpc) is 2.48. The Morgan fingerprint density at radius 2 is 2.05 bits per heavy atom.